The molecule has 6 rings (SSSR count). The summed E-state index contributed by atoms with van der Waals surface area (Å²) in [7, 11) is 0. The SMILES string of the molecule is CC(=O)O[C@H]1[C@@H](OC(C)=O)[C@@]2(C)C3=CC[C@@H](c4ccoc4)[C@]3(C)CC[C@@H]2[C@@]2(C)Cc3sc(N)nc3C(C)(C)[C@H]12. The first kappa shape index (κ1) is 26.6. The van der Waals surface area contributed by atoms with Gasteiger partial charge in [0.05, 0.1) is 18.2 Å². The Kier molecular flexibility index (Phi) is 5.76. The van der Waals surface area contributed by atoms with Gasteiger partial charge in [-0.25, -0.2) is 4.98 Å². The molecule has 0 unspecified atom stereocenters. The van der Waals surface area contributed by atoms with Crippen LogP contribution in [0.2, 0.25) is 0 Å². The van der Waals surface area contributed by atoms with Crippen LogP contribution in [-0.2, 0) is 30.9 Å². The van der Waals surface area contributed by atoms with E-state index in [1.54, 1.807) is 17.6 Å². The number of thiazole rings is 1. The van der Waals surface area contributed by atoms with Gasteiger partial charge in [-0.05, 0) is 60.0 Å². The van der Waals surface area contributed by atoms with Crippen molar-refractivity contribution in [1.29, 1.82) is 0 Å². The van der Waals surface area contributed by atoms with E-state index in [1.165, 1.54) is 29.9 Å². The number of fused-ring (bicyclic) bond motifs is 6. The summed E-state index contributed by atoms with van der Waals surface area (Å²) in [5, 5.41) is 0.566. The van der Waals surface area contributed by atoms with Crippen molar-refractivity contribution in [2.75, 3.05) is 5.73 Å². The molecule has 2 N–H and O–H groups in total. The molecule has 8 atom stereocenters. The number of nitrogens with zero attached hydrogens (tertiary/aromatic N) is 1. The topological polar surface area (TPSA) is 105 Å². The fraction of sp³-hybridized carbons (Fsp3) is 0.645. The van der Waals surface area contributed by atoms with E-state index >= 15 is 0 Å². The van der Waals surface area contributed by atoms with Crippen LogP contribution in [0.5, 0.6) is 0 Å². The van der Waals surface area contributed by atoms with Gasteiger partial charge in [0.2, 0.25) is 0 Å². The molecule has 39 heavy (non-hydrogen) atoms. The molecule has 0 amide bonds. The average Bonchev–Trinajstić information content (AvgIpc) is 3.54. The van der Waals surface area contributed by atoms with E-state index in [1.807, 2.05) is 6.26 Å². The molecule has 7 nitrogen and oxygen atoms in total. The summed E-state index contributed by atoms with van der Waals surface area (Å²) in [6.07, 6.45) is 8.48. The number of allylic oxidation sites excluding steroid dienone is 1. The van der Waals surface area contributed by atoms with E-state index in [0.29, 0.717) is 5.13 Å². The van der Waals surface area contributed by atoms with E-state index in [-0.39, 0.29) is 40.5 Å². The molecule has 0 aromatic carbocycles. The van der Waals surface area contributed by atoms with Gasteiger partial charge in [-0.3, -0.25) is 9.59 Å². The van der Waals surface area contributed by atoms with Crippen molar-refractivity contribution in [3.8, 4) is 0 Å². The number of rotatable bonds is 3. The predicted molar refractivity (Wildman–Crippen MR) is 149 cm³/mol. The second-order valence-electron chi connectivity index (χ2n) is 13.6. The van der Waals surface area contributed by atoms with Crippen molar-refractivity contribution >= 4 is 28.4 Å². The smallest absolute Gasteiger partial charge is 0.303 e. The molecule has 2 aromatic rings. The highest BCUT2D eigenvalue weighted by atomic mass is 32.1. The normalized spacial score (nSPS) is 40.0. The lowest BCUT2D eigenvalue weighted by atomic mass is 9.37. The maximum Gasteiger partial charge on any atom is 0.303 e. The first-order chi connectivity index (χ1) is 18.2. The largest absolute Gasteiger partial charge is 0.472 e. The zero-order chi connectivity index (χ0) is 28.1. The Hall–Kier alpha value is -2.61. The Morgan fingerprint density at radius 2 is 1.85 bits per heavy atom. The van der Waals surface area contributed by atoms with Gasteiger partial charge >= 0.3 is 11.9 Å². The number of anilines is 1. The molecule has 8 heteroatoms. The fourth-order valence-corrected chi connectivity index (χ4v) is 11.3. The Balaban J connectivity index is 1.57. The van der Waals surface area contributed by atoms with Gasteiger partial charge in [-0.15, -0.1) is 11.3 Å². The molecule has 2 saturated carbocycles. The number of carbonyl (C=O) groups excluding carboxylic acids is 2. The van der Waals surface area contributed by atoms with Crippen LogP contribution in [0, 0.1) is 28.1 Å². The zero-order valence-corrected chi connectivity index (χ0v) is 24.8. The molecule has 0 aliphatic heterocycles. The minimum Gasteiger partial charge on any atom is -0.472 e. The van der Waals surface area contributed by atoms with Crippen LogP contribution in [-0.4, -0.2) is 29.1 Å². The number of ether oxygens (including phenoxy) is 2. The number of aromatic nitrogens is 1. The van der Waals surface area contributed by atoms with Crippen LogP contribution in [0.1, 0.15) is 89.8 Å². The minimum atomic E-state index is -0.625. The van der Waals surface area contributed by atoms with Gasteiger partial charge < -0.3 is 19.6 Å². The summed E-state index contributed by atoms with van der Waals surface area (Å²) in [4.78, 5) is 31.5. The summed E-state index contributed by atoms with van der Waals surface area (Å²) >= 11 is 1.58. The minimum absolute atomic E-state index is 0.110. The van der Waals surface area contributed by atoms with Gasteiger partial charge in [0, 0.05) is 35.5 Å². The van der Waals surface area contributed by atoms with E-state index in [9.17, 15) is 9.59 Å². The average molecular weight is 553 g/mol. The Labute approximate surface area is 234 Å². The second-order valence-corrected chi connectivity index (χ2v) is 14.7. The standard InChI is InChI=1S/C31H40N2O5S/c1-16(34)37-23-24-28(3,4)25-20(39-27(32)33-25)14-30(24,6)22-10-12-29(5)19(18-11-13-36-15-18)8-9-21(29)31(22,7)26(23)38-17(2)35/h9,11,13,15,19,22-24,26H,8,10,12,14H2,1-7H3,(H2,32,33)/t19-,22+,23+,24-,26+,29-,30+,31-/m0/s1. The van der Waals surface area contributed by atoms with E-state index in [0.717, 1.165) is 31.4 Å². The molecule has 0 spiro atoms. The number of furan rings is 1. The summed E-state index contributed by atoms with van der Waals surface area (Å²) < 4.78 is 18.1. The molecule has 210 valence electrons. The third kappa shape index (κ3) is 3.49. The monoisotopic (exact) mass is 552 g/mol. The summed E-state index contributed by atoms with van der Waals surface area (Å²) in [5.41, 5.74) is 8.45. The molecule has 2 fully saturated rings. The number of nitrogen functional groups attached to an aromatic ring is 1. The van der Waals surface area contributed by atoms with Crippen molar-refractivity contribution in [3.63, 3.8) is 0 Å². The molecular weight excluding hydrogens is 512 g/mol. The summed E-state index contributed by atoms with van der Waals surface area (Å²) in [6.45, 7) is 14.3. The molecule has 4 aliphatic carbocycles. The number of carbonyl (C=O) groups is 2. The fourth-order valence-electron chi connectivity index (χ4n) is 10.1. The van der Waals surface area contributed by atoms with Crippen molar-refractivity contribution in [2.45, 2.75) is 97.7 Å². The summed E-state index contributed by atoms with van der Waals surface area (Å²) in [5.74, 6) is -0.345. The predicted octanol–water partition coefficient (Wildman–Crippen LogP) is 6.19. The highest BCUT2D eigenvalue weighted by molar-refractivity contribution is 7.15. The molecule has 2 aromatic heterocycles. The van der Waals surface area contributed by atoms with E-state index in [4.69, 9.17) is 24.6 Å². The van der Waals surface area contributed by atoms with E-state index in [2.05, 4.69) is 46.8 Å². The maximum absolute atomic E-state index is 12.8. The lowest BCUT2D eigenvalue weighted by molar-refractivity contribution is -0.242. The van der Waals surface area contributed by atoms with Crippen LogP contribution in [0.4, 0.5) is 5.13 Å². The second kappa shape index (κ2) is 8.45. The molecule has 2 heterocycles. The zero-order valence-electron chi connectivity index (χ0n) is 24.0. The lowest BCUT2D eigenvalue weighted by Crippen LogP contribution is -2.71. The van der Waals surface area contributed by atoms with Crippen molar-refractivity contribution < 1.29 is 23.5 Å². The summed E-state index contributed by atoms with van der Waals surface area (Å²) in [6, 6.07) is 2.07. The number of hydrogen-bond acceptors (Lipinski definition) is 8. The van der Waals surface area contributed by atoms with Crippen LogP contribution < -0.4 is 5.73 Å². The Bertz CT molecular complexity index is 1360. The molecule has 0 bridgehead atoms. The van der Waals surface area contributed by atoms with Gasteiger partial charge in [-0.2, -0.15) is 0 Å². The van der Waals surface area contributed by atoms with Gasteiger partial charge in [0.25, 0.3) is 0 Å². The highest BCUT2D eigenvalue weighted by Gasteiger charge is 2.73. The van der Waals surface area contributed by atoms with Crippen molar-refractivity contribution in [2.24, 2.45) is 28.1 Å². The quantitative estimate of drug-likeness (QED) is 0.358. The number of nitrogens with two attached hydrogens (primary N) is 1. The highest BCUT2D eigenvalue weighted by Crippen LogP contribution is 2.74. The number of esters is 2. The van der Waals surface area contributed by atoms with Crippen LogP contribution in [0.3, 0.4) is 0 Å². The molecule has 4 aliphatic rings. The third-order valence-corrected chi connectivity index (χ3v) is 12.0. The van der Waals surface area contributed by atoms with Crippen molar-refractivity contribution in [1.82, 2.24) is 4.98 Å². The number of hydrogen-bond donors (Lipinski definition) is 1. The third-order valence-electron chi connectivity index (χ3n) is 11.1. The van der Waals surface area contributed by atoms with Crippen LogP contribution >= 0.6 is 11.3 Å². The molecule has 0 saturated heterocycles. The molecular formula is C31H40N2O5S. The first-order valence-corrected chi connectivity index (χ1v) is 14.9. The maximum atomic E-state index is 12.8. The van der Waals surface area contributed by atoms with Crippen LogP contribution in [0.25, 0.3) is 0 Å². The van der Waals surface area contributed by atoms with Gasteiger partial charge in [0.15, 0.2) is 5.13 Å². The van der Waals surface area contributed by atoms with Crippen molar-refractivity contribution in [3.05, 3.63) is 46.4 Å². The lowest BCUT2D eigenvalue weighted by Gasteiger charge is -2.69. The van der Waals surface area contributed by atoms with E-state index < -0.39 is 23.0 Å². The Morgan fingerprint density at radius 3 is 2.49 bits per heavy atom. The van der Waals surface area contributed by atoms with Crippen LogP contribution in [0.15, 0.2) is 34.7 Å². The van der Waals surface area contributed by atoms with Gasteiger partial charge in [-0.1, -0.05) is 46.3 Å². The molecule has 0 radical (unpaired) electrons. The van der Waals surface area contributed by atoms with Gasteiger partial charge in [0.1, 0.15) is 12.2 Å². The Morgan fingerprint density at radius 1 is 1.13 bits per heavy atom. The first-order valence-electron chi connectivity index (χ1n) is 14.1.